The van der Waals surface area contributed by atoms with E-state index in [-0.39, 0.29) is 6.61 Å². The summed E-state index contributed by atoms with van der Waals surface area (Å²) < 4.78 is 22.8. The van der Waals surface area contributed by atoms with E-state index in [1.54, 1.807) is 6.92 Å². The Hall–Kier alpha value is -1.41. The van der Waals surface area contributed by atoms with Crippen molar-refractivity contribution in [3.8, 4) is 0 Å². The molecule has 2 N–H and O–H groups in total. The molecule has 0 aliphatic carbocycles. The van der Waals surface area contributed by atoms with E-state index in [9.17, 15) is 18.0 Å². The van der Waals surface area contributed by atoms with Crippen LogP contribution in [0.2, 0.25) is 0 Å². The van der Waals surface area contributed by atoms with Crippen LogP contribution in [0.4, 0.5) is 0 Å². The molecule has 8 heteroatoms. The van der Waals surface area contributed by atoms with Crippen LogP contribution in [0.1, 0.15) is 6.92 Å². The minimum atomic E-state index is -2.60. The molecule has 0 saturated carbocycles. The molecular formula is C6H10O7S. The molecule has 7 nitrogen and oxygen atoms in total. The van der Waals surface area contributed by atoms with Gasteiger partial charge in [0.05, 0.1) is 6.61 Å². The summed E-state index contributed by atoms with van der Waals surface area (Å²) in [6, 6.07) is 0. The van der Waals surface area contributed by atoms with Crippen molar-refractivity contribution in [3.63, 3.8) is 0 Å². The van der Waals surface area contributed by atoms with Crippen LogP contribution in [0, 0.1) is 0 Å². The molecule has 0 aliphatic heterocycles. The van der Waals surface area contributed by atoms with E-state index >= 15 is 0 Å². The summed E-state index contributed by atoms with van der Waals surface area (Å²) >= 11 is 0. The molecule has 0 atom stereocenters. The number of hydrogen-bond donors (Lipinski definition) is 3. The SMILES string of the molecule is CCO[SH](=O)=O.O=C(O)/C=C\C(=O)O. The molecule has 0 aromatic carbocycles. The Morgan fingerprint density at radius 2 is 1.57 bits per heavy atom. The van der Waals surface area contributed by atoms with Crippen molar-refractivity contribution in [2.75, 3.05) is 6.61 Å². The topological polar surface area (TPSA) is 118 Å². The van der Waals surface area contributed by atoms with Gasteiger partial charge in [0, 0.05) is 12.2 Å². The zero-order valence-electron chi connectivity index (χ0n) is 7.24. The Morgan fingerprint density at radius 1 is 1.21 bits per heavy atom. The zero-order valence-corrected chi connectivity index (χ0v) is 8.14. The summed E-state index contributed by atoms with van der Waals surface area (Å²) in [4.78, 5) is 19.1. The summed E-state index contributed by atoms with van der Waals surface area (Å²) in [6.07, 6.45) is 1.12. The average molecular weight is 226 g/mol. The summed E-state index contributed by atoms with van der Waals surface area (Å²) in [5.41, 5.74) is 0. The first-order valence-electron chi connectivity index (χ1n) is 3.31. The molecule has 0 aromatic rings. The van der Waals surface area contributed by atoms with Crippen molar-refractivity contribution >= 4 is 22.9 Å². The highest BCUT2D eigenvalue weighted by Gasteiger charge is 1.88. The lowest BCUT2D eigenvalue weighted by atomic mass is 10.5. The summed E-state index contributed by atoms with van der Waals surface area (Å²) in [5, 5.41) is 15.6. The third-order valence-corrected chi connectivity index (χ3v) is 1.07. The van der Waals surface area contributed by atoms with E-state index in [1.165, 1.54) is 0 Å². The lowest BCUT2D eigenvalue weighted by molar-refractivity contribution is -0.134. The molecule has 0 heterocycles. The van der Waals surface area contributed by atoms with Gasteiger partial charge in [-0.05, 0) is 6.92 Å². The van der Waals surface area contributed by atoms with Crippen molar-refractivity contribution in [2.45, 2.75) is 6.92 Å². The summed E-state index contributed by atoms with van der Waals surface area (Å²) in [7, 11) is -2.60. The standard InChI is InChI=1S/C4H4O4.C2H6O3S/c5-3(6)1-2-4(7)8;1-2-5-6(3)4/h1-2H,(H,5,6)(H,7,8);6H,2H2,1H3/b2-1-;. The van der Waals surface area contributed by atoms with Crippen LogP contribution < -0.4 is 0 Å². The zero-order chi connectivity index (χ0) is 11.6. The quantitative estimate of drug-likeness (QED) is 0.426. The fourth-order valence-corrected chi connectivity index (χ4v) is 0.459. The van der Waals surface area contributed by atoms with Crippen molar-refractivity contribution in [3.05, 3.63) is 12.2 Å². The molecule has 0 aromatic heterocycles. The Labute approximate surface area is 81.8 Å². The van der Waals surface area contributed by atoms with E-state index in [1.807, 2.05) is 0 Å². The maximum Gasteiger partial charge on any atom is 0.328 e. The minimum Gasteiger partial charge on any atom is -0.478 e. The van der Waals surface area contributed by atoms with Crippen LogP contribution in [0.5, 0.6) is 0 Å². The highest BCUT2D eigenvalue weighted by atomic mass is 32.2. The summed E-state index contributed by atoms with van der Waals surface area (Å²) in [6.45, 7) is 1.85. The molecule has 82 valence electrons. The van der Waals surface area contributed by atoms with Crippen molar-refractivity contribution < 1.29 is 32.4 Å². The molecule has 0 fully saturated rings. The second-order valence-electron chi connectivity index (χ2n) is 1.65. The summed E-state index contributed by atoms with van der Waals surface area (Å²) in [5.74, 6) is -2.51. The van der Waals surface area contributed by atoms with Gasteiger partial charge in [-0.2, -0.15) is 0 Å². The minimum absolute atomic E-state index is 0.235. The van der Waals surface area contributed by atoms with Crippen LogP contribution in [-0.4, -0.2) is 37.2 Å². The number of rotatable bonds is 4. The third-order valence-electron chi connectivity index (χ3n) is 0.603. The smallest absolute Gasteiger partial charge is 0.328 e. The fraction of sp³-hybridized carbons (Fsp3) is 0.333. The number of thiol groups is 1. The third kappa shape index (κ3) is 22.4. The average Bonchev–Trinajstić information content (AvgIpc) is 2.01. The number of aliphatic carboxylic acids is 2. The molecule has 0 rings (SSSR count). The molecule has 14 heavy (non-hydrogen) atoms. The van der Waals surface area contributed by atoms with Gasteiger partial charge in [-0.3, -0.25) is 4.18 Å². The maximum atomic E-state index is 9.55. The lowest BCUT2D eigenvalue weighted by Crippen LogP contribution is -1.91. The second kappa shape index (κ2) is 9.68. The number of hydrogen-bond acceptors (Lipinski definition) is 5. The van der Waals surface area contributed by atoms with Crippen LogP contribution in [-0.2, 0) is 24.8 Å². The predicted molar refractivity (Wildman–Crippen MR) is 46.4 cm³/mol. The Kier molecular flexibility index (Phi) is 10.4. The largest absolute Gasteiger partial charge is 0.478 e. The van der Waals surface area contributed by atoms with Gasteiger partial charge < -0.3 is 10.2 Å². The van der Waals surface area contributed by atoms with Gasteiger partial charge in [-0.25, -0.2) is 18.0 Å². The van der Waals surface area contributed by atoms with Crippen LogP contribution in [0.25, 0.3) is 0 Å². The van der Waals surface area contributed by atoms with Gasteiger partial charge in [0.25, 0.3) is 11.0 Å². The van der Waals surface area contributed by atoms with Gasteiger partial charge in [0.2, 0.25) is 0 Å². The van der Waals surface area contributed by atoms with Crippen molar-refractivity contribution in [2.24, 2.45) is 0 Å². The number of carboxylic acid groups (broad SMARTS) is 2. The Bertz CT molecular complexity index is 254. The van der Waals surface area contributed by atoms with Crippen molar-refractivity contribution in [1.82, 2.24) is 0 Å². The predicted octanol–water partition coefficient (Wildman–Crippen LogP) is -0.739. The van der Waals surface area contributed by atoms with Gasteiger partial charge in [0.1, 0.15) is 0 Å². The highest BCUT2D eigenvalue weighted by Crippen LogP contribution is 1.70. The van der Waals surface area contributed by atoms with Crippen molar-refractivity contribution in [1.29, 1.82) is 0 Å². The molecular weight excluding hydrogens is 216 g/mol. The normalized spacial score (nSPS) is 9.57. The lowest BCUT2D eigenvalue weighted by Gasteiger charge is -1.78. The van der Waals surface area contributed by atoms with Gasteiger partial charge >= 0.3 is 11.9 Å². The molecule has 0 aliphatic rings. The van der Waals surface area contributed by atoms with Crippen LogP contribution in [0.15, 0.2) is 12.2 Å². The maximum absolute atomic E-state index is 9.55. The van der Waals surface area contributed by atoms with E-state index < -0.39 is 22.9 Å². The first-order chi connectivity index (χ1) is 6.40. The highest BCUT2D eigenvalue weighted by molar-refractivity contribution is 7.67. The van der Waals surface area contributed by atoms with Gasteiger partial charge in [-0.15, -0.1) is 0 Å². The molecule has 0 unspecified atom stereocenters. The monoisotopic (exact) mass is 226 g/mol. The molecule has 0 radical (unpaired) electrons. The molecule has 0 bridgehead atoms. The fourth-order valence-electron chi connectivity index (χ4n) is 0.248. The first-order valence-corrected chi connectivity index (χ1v) is 4.41. The number of carbonyl (C=O) groups is 2. The number of carboxylic acids is 2. The van der Waals surface area contributed by atoms with E-state index in [4.69, 9.17) is 10.2 Å². The second-order valence-corrected chi connectivity index (χ2v) is 2.36. The van der Waals surface area contributed by atoms with Gasteiger partial charge in [-0.1, -0.05) is 0 Å². The van der Waals surface area contributed by atoms with E-state index in [0.717, 1.165) is 0 Å². The van der Waals surface area contributed by atoms with E-state index in [0.29, 0.717) is 12.2 Å². The van der Waals surface area contributed by atoms with E-state index in [2.05, 4.69) is 4.18 Å². The molecule has 0 saturated heterocycles. The first kappa shape index (κ1) is 15.1. The molecule has 0 spiro atoms. The molecule has 0 amide bonds. The Balaban J connectivity index is 0. The Morgan fingerprint density at radius 3 is 1.64 bits per heavy atom. The van der Waals surface area contributed by atoms with Crippen LogP contribution >= 0.6 is 0 Å². The van der Waals surface area contributed by atoms with Crippen LogP contribution in [0.3, 0.4) is 0 Å². The van der Waals surface area contributed by atoms with Gasteiger partial charge in [0.15, 0.2) is 0 Å².